The third-order valence-electron chi connectivity index (χ3n) is 2.71. The lowest BCUT2D eigenvalue weighted by atomic mass is 10.1. The van der Waals surface area contributed by atoms with E-state index in [-0.39, 0.29) is 19.1 Å². The lowest BCUT2D eigenvalue weighted by Crippen LogP contribution is -2.42. The maximum absolute atomic E-state index is 11.8. The van der Waals surface area contributed by atoms with Gasteiger partial charge in [-0.3, -0.25) is 4.79 Å². The van der Waals surface area contributed by atoms with Crippen LogP contribution in [0.5, 0.6) is 0 Å². The van der Waals surface area contributed by atoms with E-state index in [1.807, 2.05) is 30.3 Å². The van der Waals surface area contributed by atoms with Gasteiger partial charge in [0.2, 0.25) is 5.91 Å². The monoisotopic (exact) mass is 286 g/mol. The number of aryl methyl sites for hydroxylation is 1. The summed E-state index contributed by atoms with van der Waals surface area (Å²) < 4.78 is 28.2. The number of carbonyl (C=O) groups is 1. The number of carbonyl (C=O) groups excluding carboxylic acids is 1. The first-order chi connectivity index (χ1) is 9.59. The van der Waals surface area contributed by atoms with Crippen molar-refractivity contribution in [1.29, 1.82) is 0 Å². The molecule has 4 nitrogen and oxygen atoms in total. The van der Waals surface area contributed by atoms with Gasteiger partial charge in [-0.2, -0.15) is 0 Å². The zero-order valence-electron chi connectivity index (χ0n) is 11.2. The van der Waals surface area contributed by atoms with Crippen LogP contribution in [0.15, 0.2) is 30.3 Å². The molecule has 0 heterocycles. The lowest BCUT2D eigenvalue weighted by Gasteiger charge is -2.12. The molecule has 112 valence electrons. The number of benzene rings is 1. The Morgan fingerprint density at radius 2 is 2.00 bits per heavy atom. The summed E-state index contributed by atoms with van der Waals surface area (Å²) in [5.74, 6) is -0.290. The molecule has 1 rings (SSSR count). The van der Waals surface area contributed by atoms with Crippen LogP contribution in [0.2, 0.25) is 0 Å². The van der Waals surface area contributed by atoms with E-state index in [4.69, 9.17) is 5.73 Å². The molecule has 0 aromatic heterocycles. The predicted molar refractivity (Wildman–Crippen MR) is 72.6 cm³/mol. The third-order valence-corrected chi connectivity index (χ3v) is 2.71. The molecular formula is C14H20F2N2O2. The number of alkyl halides is 2. The van der Waals surface area contributed by atoms with Gasteiger partial charge in [0.25, 0.3) is 6.43 Å². The van der Waals surface area contributed by atoms with Crippen LogP contribution in [0.1, 0.15) is 12.0 Å². The highest BCUT2D eigenvalue weighted by molar-refractivity contribution is 5.81. The number of nitrogens with two attached hydrogens (primary N) is 1. The molecular weight excluding hydrogens is 266 g/mol. The van der Waals surface area contributed by atoms with Crippen molar-refractivity contribution in [3.8, 4) is 0 Å². The Labute approximate surface area is 117 Å². The minimum atomic E-state index is -2.49. The quantitative estimate of drug-likeness (QED) is 0.673. The molecule has 0 aliphatic rings. The molecule has 0 spiro atoms. The van der Waals surface area contributed by atoms with Crippen LogP contribution in [-0.2, 0) is 16.0 Å². The molecule has 0 bridgehead atoms. The summed E-state index contributed by atoms with van der Waals surface area (Å²) >= 11 is 0. The summed E-state index contributed by atoms with van der Waals surface area (Å²) in [7, 11) is 0. The molecule has 1 atom stereocenters. The van der Waals surface area contributed by atoms with Crippen molar-refractivity contribution in [2.24, 2.45) is 5.73 Å². The maximum atomic E-state index is 11.8. The highest BCUT2D eigenvalue weighted by Crippen LogP contribution is 2.04. The smallest absolute Gasteiger partial charge is 0.261 e. The number of halogens is 2. The molecule has 1 amide bonds. The Morgan fingerprint density at radius 3 is 2.65 bits per heavy atom. The van der Waals surface area contributed by atoms with Crippen molar-refractivity contribution in [3.05, 3.63) is 35.9 Å². The minimum absolute atomic E-state index is 0.0570. The number of hydrogen-bond acceptors (Lipinski definition) is 3. The molecule has 0 saturated heterocycles. The van der Waals surface area contributed by atoms with Crippen molar-refractivity contribution in [2.75, 3.05) is 19.8 Å². The minimum Gasteiger partial charge on any atom is -0.374 e. The van der Waals surface area contributed by atoms with Crippen molar-refractivity contribution in [2.45, 2.75) is 25.3 Å². The van der Waals surface area contributed by atoms with Crippen LogP contribution >= 0.6 is 0 Å². The topological polar surface area (TPSA) is 64.4 Å². The fraction of sp³-hybridized carbons (Fsp3) is 0.500. The fourth-order valence-electron chi connectivity index (χ4n) is 1.65. The largest absolute Gasteiger partial charge is 0.374 e. The molecule has 3 N–H and O–H groups in total. The number of hydrogen-bond donors (Lipinski definition) is 2. The Balaban J connectivity index is 2.13. The highest BCUT2D eigenvalue weighted by Gasteiger charge is 2.12. The van der Waals surface area contributed by atoms with Crippen LogP contribution in [0.25, 0.3) is 0 Å². The van der Waals surface area contributed by atoms with Gasteiger partial charge in [-0.1, -0.05) is 30.3 Å². The highest BCUT2D eigenvalue weighted by atomic mass is 19.3. The number of ether oxygens (including phenoxy) is 1. The standard InChI is InChI=1S/C14H20F2N2O2/c15-13(16)10-20-9-8-18-14(19)12(17)7-6-11-4-2-1-3-5-11/h1-5,12-13H,6-10,17H2,(H,18,19). The van der Waals surface area contributed by atoms with E-state index >= 15 is 0 Å². The summed E-state index contributed by atoms with van der Waals surface area (Å²) in [6, 6.07) is 9.13. The number of nitrogens with one attached hydrogen (secondary N) is 1. The van der Waals surface area contributed by atoms with Gasteiger partial charge in [0.15, 0.2) is 0 Å². The first-order valence-corrected chi connectivity index (χ1v) is 6.52. The van der Waals surface area contributed by atoms with Gasteiger partial charge in [-0.05, 0) is 18.4 Å². The molecule has 0 aliphatic heterocycles. The van der Waals surface area contributed by atoms with Crippen molar-refractivity contribution >= 4 is 5.91 Å². The second-order valence-electron chi connectivity index (χ2n) is 4.39. The summed E-state index contributed by atoms with van der Waals surface area (Å²) in [4.78, 5) is 11.6. The Bertz CT molecular complexity index is 388. The SMILES string of the molecule is NC(CCc1ccccc1)C(=O)NCCOCC(F)F. The first-order valence-electron chi connectivity index (χ1n) is 6.52. The van der Waals surface area contributed by atoms with Crippen LogP contribution in [0.4, 0.5) is 8.78 Å². The third kappa shape index (κ3) is 7.16. The van der Waals surface area contributed by atoms with Gasteiger partial charge in [0.1, 0.15) is 6.61 Å². The second kappa shape index (κ2) is 9.39. The van der Waals surface area contributed by atoms with Gasteiger partial charge in [0.05, 0.1) is 12.6 Å². The van der Waals surface area contributed by atoms with Crippen LogP contribution in [-0.4, -0.2) is 38.1 Å². The van der Waals surface area contributed by atoms with Gasteiger partial charge in [-0.25, -0.2) is 8.78 Å². The van der Waals surface area contributed by atoms with Crippen LogP contribution < -0.4 is 11.1 Å². The predicted octanol–water partition coefficient (Wildman–Crippen LogP) is 1.34. The van der Waals surface area contributed by atoms with E-state index in [1.165, 1.54) is 0 Å². The molecule has 1 unspecified atom stereocenters. The van der Waals surface area contributed by atoms with Gasteiger partial charge in [-0.15, -0.1) is 0 Å². The van der Waals surface area contributed by atoms with Gasteiger partial charge >= 0.3 is 0 Å². The molecule has 1 aromatic rings. The van der Waals surface area contributed by atoms with E-state index < -0.39 is 19.1 Å². The summed E-state index contributed by atoms with van der Waals surface area (Å²) in [5.41, 5.74) is 6.88. The Kier molecular flexibility index (Phi) is 7.75. The molecule has 0 radical (unpaired) electrons. The second-order valence-corrected chi connectivity index (χ2v) is 4.39. The zero-order valence-corrected chi connectivity index (χ0v) is 11.2. The molecule has 1 aromatic carbocycles. The average Bonchev–Trinajstić information content (AvgIpc) is 2.45. The van der Waals surface area contributed by atoms with E-state index in [0.717, 1.165) is 12.0 Å². The molecule has 0 fully saturated rings. The van der Waals surface area contributed by atoms with Crippen LogP contribution in [0, 0.1) is 0 Å². The summed E-state index contributed by atoms with van der Waals surface area (Å²) in [6.45, 7) is -0.373. The molecule has 0 aliphatic carbocycles. The zero-order chi connectivity index (χ0) is 14.8. The average molecular weight is 286 g/mol. The molecule has 0 saturated carbocycles. The van der Waals surface area contributed by atoms with Crippen molar-refractivity contribution < 1.29 is 18.3 Å². The summed E-state index contributed by atoms with van der Waals surface area (Å²) in [6.07, 6.45) is -1.23. The Hall–Kier alpha value is -1.53. The number of rotatable bonds is 9. The Morgan fingerprint density at radius 1 is 1.30 bits per heavy atom. The summed E-state index contributed by atoms with van der Waals surface area (Å²) in [5, 5.41) is 2.56. The molecule has 6 heteroatoms. The van der Waals surface area contributed by atoms with Gasteiger partial charge in [0, 0.05) is 6.54 Å². The van der Waals surface area contributed by atoms with E-state index in [0.29, 0.717) is 6.42 Å². The maximum Gasteiger partial charge on any atom is 0.261 e. The fourth-order valence-corrected chi connectivity index (χ4v) is 1.65. The van der Waals surface area contributed by atoms with Crippen molar-refractivity contribution in [1.82, 2.24) is 5.32 Å². The van der Waals surface area contributed by atoms with E-state index in [9.17, 15) is 13.6 Å². The normalized spacial score (nSPS) is 12.4. The van der Waals surface area contributed by atoms with E-state index in [1.54, 1.807) is 0 Å². The first kappa shape index (κ1) is 16.5. The molecule has 20 heavy (non-hydrogen) atoms. The van der Waals surface area contributed by atoms with Crippen LogP contribution in [0.3, 0.4) is 0 Å². The van der Waals surface area contributed by atoms with E-state index in [2.05, 4.69) is 10.1 Å². The number of amides is 1. The van der Waals surface area contributed by atoms with Gasteiger partial charge < -0.3 is 15.8 Å². The van der Waals surface area contributed by atoms with Crippen molar-refractivity contribution in [3.63, 3.8) is 0 Å². The lowest BCUT2D eigenvalue weighted by molar-refractivity contribution is -0.122.